The molecule has 0 saturated heterocycles. The van der Waals surface area contributed by atoms with E-state index < -0.39 is 21.5 Å². The number of rotatable bonds is 5. The normalized spacial score (nSPS) is 11.2. The molecular formula is C18H15ClN4O4S. The van der Waals surface area contributed by atoms with Crippen LogP contribution in [0.5, 0.6) is 0 Å². The first-order valence-corrected chi connectivity index (χ1v) is 9.92. The van der Waals surface area contributed by atoms with Crippen LogP contribution in [0.3, 0.4) is 0 Å². The quantitative estimate of drug-likeness (QED) is 0.654. The molecule has 2 aromatic carbocycles. The van der Waals surface area contributed by atoms with Crippen LogP contribution >= 0.6 is 11.6 Å². The minimum atomic E-state index is -3.81. The van der Waals surface area contributed by atoms with Crippen LogP contribution < -0.4 is 16.0 Å². The fraction of sp³-hybridized carbons (Fsp3) is 0.0556. The maximum atomic E-state index is 12.2. The Hall–Kier alpha value is -3.01. The van der Waals surface area contributed by atoms with Crippen molar-refractivity contribution < 1.29 is 13.2 Å². The molecule has 28 heavy (non-hydrogen) atoms. The van der Waals surface area contributed by atoms with Gasteiger partial charge in [0.15, 0.2) is 0 Å². The number of halogens is 1. The molecule has 3 rings (SSSR count). The van der Waals surface area contributed by atoms with Crippen LogP contribution in [0.15, 0.2) is 70.4 Å². The highest BCUT2D eigenvalue weighted by molar-refractivity contribution is 7.89. The average molecular weight is 419 g/mol. The Morgan fingerprint density at radius 1 is 1.04 bits per heavy atom. The lowest BCUT2D eigenvalue weighted by atomic mass is 10.1. The van der Waals surface area contributed by atoms with Gasteiger partial charge in [-0.15, -0.1) is 0 Å². The largest absolute Gasteiger partial charge is 0.324 e. The van der Waals surface area contributed by atoms with Gasteiger partial charge < -0.3 is 5.32 Å². The van der Waals surface area contributed by atoms with Crippen LogP contribution in [0, 0.1) is 0 Å². The first-order chi connectivity index (χ1) is 13.2. The molecule has 0 unspecified atom stereocenters. The highest BCUT2D eigenvalue weighted by Crippen LogP contribution is 2.18. The monoisotopic (exact) mass is 418 g/mol. The summed E-state index contributed by atoms with van der Waals surface area (Å²) in [4.78, 5) is 24.2. The number of hydrogen-bond donors (Lipinski definition) is 2. The molecule has 1 aromatic heterocycles. The number of carbonyl (C=O) groups excluding carboxylic acids is 1. The molecule has 0 bridgehead atoms. The molecule has 0 aliphatic heterocycles. The highest BCUT2D eigenvalue weighted by atomic mass is 35.5. The lowest BCUT2D eigenvalue weighted by Gasteiger charge is -2.09. The fourth-order valence-corrected chi connectivity index (χ4v) is 3.04. The first-order valence-electron chi connectivity index (χ1n) is 7.99. The Morgan fingerprint density at radius 2 is 1.68 bits per heavy atom. The van der Waals surface area contributed by atoms with E-state index in [1.165, 1.54) is 30.3 Å². The van der Waals surface area contributed by atoms with Crippen LogP contribution in [0.1, 0.15) is 0 Å². The number of nitrogens with two attached hydrogens (primary N) is 1. The van der Waals surface area contributed by atoms with Gasteiger partial charge in [-0.3, -0.25) is 9.59 Å². The zero-order chi connectivity index (χ0) is 20.3. The predicted molar refractivity (Wildman–Crippen MR) is 105 cm³/mol. The van der Waals surface area contributed by atoms with Crippen molar-refractivity contribution >= 4 is 33.2 Å². The molecule has 0 aliphatic rings. The van der Waals surface area contributed by atoms with E-state index in [4.69, 9.17) is 16.7 Å². The van der Waals surface area contributed by atoms with Crippen molar-refractivity contribution in [2.24, 2.45) is 5.14 Å². The van der Waals surface area contributed by atoms with Crippen molar-refractivity contribution in [3.63, 3.8) is 0 Å². The Balaban J connectivity index is 1.76. The van der Waals surface area contributed by atoms with E-state index in [9.17, 15) is 18.0 Å². The van der Waals surface area contributed by atoms with E-state index in [-0.39, 0.29) is 11.4 Å². The Morgan fingerprint density at radius 3 is 2.29 bits per heavy atom. The van der Waals surface area contributed by atoms with E-state index in [0.717, 1.165) is 10.2 Å². The first kappa shape index (κ1) is 19.7. The third-order valence-corrected chi connectivity index (χ3v) is 4.95. The summed E-state index contributed by atoms with van der Waals surface area (Å²) in [6.07, 6.45) is 0. The molecule has 0 atom stereocenters. The second kappa shape index (κ2) is 7.93. The van der Waals surface area contributed by atoms with Crippen molar-refractivity contribution in [2.75, 3.05) is 5.32 Å². The van der Waals surface area contributed by atoms with Gasteiger partial charge >= 0.3 is 0 Å². The zero-order valence-corrected chi connectivity index (χ0v) is 15.9. The average Bonchev–Trinajstić information content (AvgIpc) is 2.64. The molecule has 0 spiro atoms. The molecule has 1 amide bonds. The molecule has 0 fully saturated rings. The van der Waals surface area contributed by atoms with Crippen LogP contribution in [-0.4, -0.2) is 24.1 Å². The molecule has 10 heteroatoms. The molecule has 144 valence electrons. The van der Waals surface area contributed by atoms with Gasteiger partial charge in [0.05, 0.1) is 10.6 Å². The topological polar surface area (TPSA) is 124 Å². The second-order valence-corrected chi connectivity index (χ2v) is 7.84. The lowest BCUT2D eigenvalue weighted by Crippen LogP contribution is -2.29. The van der Waals surface area contributed by atoms with E-state index in [2.05, 4.69) is 10.4 Å². The maximum absolute atomic E-state index is 12.2. The zero-order valence-electron chi connectivity index (χ0n) is 14.4. The number of hydrogen-bond acceptors (Lipinski definition) is 5. The minimum absolute atomic E-state index is 0.0703. The van der Waals surface area contributed by atoms with Crippen molar-refractivity contribution in [1.29, 1.82) is 0 Å². The molecule has 8 nitrogen and oxygen atoms in total. The number of aromatic nitrogens is 2. The predicted octanol–water partition coefficient (Wildman–Crippen LogP) is 1.85. The Kier molecular flexibility index (Phi) is 5.59. The number of anilines is 1. The SMILES string of the molecule is NS(=O)(=O)c1ccc(NC(=O)Cn2nc(-c3ccc(Cl)cc3)ccc2=O)cc1. The lowest BCUT2D eigenvalue weighted by molar-refractivity contribution is -0.117. The smallest absolute Gasteiger partial charge is 0.267 e. The number of sulfonamides is 1. The summed E-state index contributed by atoms with van der Waals surface area (Å²) in [5, 5.41) is 12.4. The minimum Gasteiger partial charge on any atom is -0.324 e. The van der Waals surface area contributed by atoms with Crippen molar-refractivity contribution in [3.8, 4) is 11.3 Å². The summed E-state index contributed by atoms with van der Waals surface area (Å²) in [6.45, 7) is -0.308. The number of nitrogens with zero attached hydrogens (tertiary/aromatic N) is 2. The van der Waals surface area contributed by atoms with Gasteiger partial charge in [0.2, 0.25) is 15.9 Å². The Labute approximate surface area is 165 Å². The summed E-state index contributed by atoms with van der Waals surface area (Å²) in [6, 6.07) is 15.1. The molecule has 0 radical (unpaired) electrons. The third kappa shape index (κ3) is 4.83. The van der Waals surface area contributed by atoms with Crippen LogP contribution in [0.4, 0.5) is 5.69 Å². The van der Waals surface area contributed by atoms with Gasteiger partial charge in [-0.2, -0.15) is 5.10 Å². The fourth-order valence-electron chi connectivity index (χ4n) is 2.40. The van der Waals surface area contributed by atoms with Gasteiger partial charge in [0, 0.05) is 22.3 Å². The van der Waals surface area contributed by atoms with E-state index in [1.807, 2.05) is 0 Å². The number of primary sulfonamides is 1. The molecule has 0 saturated carbocycles. The number of carbonyl (C=O) groups is 1. The molecule has 0 aliphatic carbocycles. The van der Waals surface area contributed by atoms with Gasteiger partial charge in [-0.05, 0) is 42.5 Å². The molecule has 1 heterocycles. The third-order valence-electron chi connectivity index (χ3n) is 3.77. The number of benzene rings is 2. The summed E-state index contributed by atoms with van der Waals surface area (Å²) in [5.41, 5.74) is 1.19. The van der Waals surface area contributed by atoms with Gasteiger partial charge in [0.1, 0.15) is 6.54 Å². The van der Waals surface area contributed by atoms with Crippen molar-refractivity contribution in [2.45, 2.75) is 11.4 Å². The van der Waals surface area contributed by atoms with Gasteiger partial charge in [-0.1, -0.05) is 23.7 Å². The molecule has 3 N–H and O–H groups in total. The van der Waals surface area contributed by atoms with Crippen molar-refractivity contribution in [1.82, 2.24) is 9.78 Å². The highest BCUT2D eigenvalue weighted by Gasteiger charge is 2.10. The van der Waals surface area contributed by atoms with E-state index >= 15 is 0 Å². The number of amides is 1. The van der Waals surface area contributed by atoms with Crippen LogP contribution in [-0.2, 0) is 21.4 Å². The standard InChI is InChI=1S/C18H15ClN4O4S/c19-13-3-1-12(2-4-13)16-9-10-18(25)23(22-16)11-17(24)21-14-5-7-15(8-6-14)28(20,26)27/h1-10H,11H2,(H,21,24)(H2,20,26,27). The van der Waals surface area contributed by atoms with Gasteiger partial charge in [0.25, 0.3) is 5.56 Å². The molecular weight excluding hydrogens is 404 g/mol. The Bertz CT molecular complexity index is 1170. The van der Waals surface area contributed by atoms with Crippen LogP contribution in [0.2, 0.25) is 5.02 Å². The van der Waals surface area contributed by atoms with E-state index in [1.54, 1.807) is 30.3 Å². The second-order valence-electron chi connectivity index (χ2n) is 5.84. The van der Waals surface area contributed by atoms with E-state index in [0.29, 0.717) is 16.4 Å². The molecule has 3 aromatic rings. The summed E-state index contributed by atoms with van der Waals surface area (Å²) < 4.78 is 23.5. The maximum Gasteiger partial charge on any atom is 0.267 e. The summed E-state index contributed by atoms with van der Waals surface area (Å²) in [7, 11) is -3.81. The number of nitrogens with one attached hydrogen (secondary N) is 1. The van der Waals surface area contributed by atoms with Gasteiger partial charge in [-0.25, -0.2) is 18.2 Å². The summed E-state index contributed by atoms with van der Waals surface area (Å²) in [5.74, 6) is -0.494. The summed E-state index contributed by atoms with van der Waals surface area (Å²) >= 11 is 5.87. The van der Waals surface area contributed by atoms with Crippen molar-refractivity contribution in [3.05, 3.63) is 76.0 Å². The van der Waals surface area contributed by atoms with Crippen LogP contribution in [0.25, 0.3) is 11.3 Å².